The van der Waals surface area contributed by atoms with Crippen LogP contribution in [0.2, 0.25) is 0 Å². The summed E-state index contributed by atoms with van der Waals surface area (Å²) in [4.78, 5) is 0. The van der Waals surface area contributed by atoms with Crippen molar-refractivity contribution in [3.8, 4) is 0 Å². The van der Waals surface area contributed by atoms with E-state index in [2.05, 4.69) is 5.32 Å². The molecule has 1 aromatic carbocycles. The van der Waals surface area contributed by atoms with E-state index in [0.717, 1.165) is 0 Å². The third kappa shape index (κ3) is 4.10. The predicted molar refractivity (Wildman–Crippen MR) is 68.5 cm³/mol. The lowest BCUT2D eigenvalue weighted by molar-refractivity contribution is 0.0498. The Balaban J connectivity index is 2.85. The summed E-state index contributed by atoms with van der Waals surface area (Å²) in [7, 11) is 0. The van der Waals surface area contributed by atoms with Crippen LogP contribution in [0.25, 0.3) is 0 Å². The predicted octanol–water partition coefficient (Wildman–Crippen LogP) is 2.73. The average Bonchev–Trinajstić information content (AvgIpc) is 2.18. The minimum Gasteiger partial charge on any atom is -0.384 e. The molecule has 1 atom stereocenters. The van der Waals surface area contributed by atoms with E-state index in [4.69, 9.17) is 0 Å². The SMILES string of the molecule is Cc1ccc(C(C)(O)CNC(C)(C)C)cc1F. The standard InChI is InChI=1S/C14H22FNO/c1-10-6-7-11(8-12(10)15)14(5,17)9-16-13(2,3)4/h6-8,16-17H,9H2,1-5H3. The van der Waals surface area contributed by atoms with E-state index in [-0.39, 0.29) is 11.4 Å². The lowest BCUT2D eigenvalue weighted by Crippen LogP contribution is -2.44. The van der Waals surface area contributed by atoms with Crippen LogP contribution in [-0.4, -0.2) is 17.2 Å². The quantitative estimate of drug-likeness (QED) is 0.850. The van der Waals surface area contributed by atoms with Gasteiger partial charge in [0.25, 0.3) is 0 Å². The number of aryl methyl sites for hydroxylation is 1. The Morgan fingerprint density at radius 1 is 1.24 bits per heavy atom. The molecule has 17 heavy (non-hydrogen) atoms. The molecule has 0 radical (unpaired) electrons. The zero-order valence-corrected chi connectivity index (χ0v) is 11.3. The minimum atomic E-state index is -1.07. The molecular formula is C14H22FNO. The van der Waals surface area contributed by atoms with Crippen LogP contribution in [-0.2, 0) is 5.60 Å². The molecule has 1 rings (SSSR count). The van der Waals surface area contributed by atoms with Crippen molar-refractivity contribution in [2.24, 2.45) is 0 Å². The van der Waals surface area contributed by atoms with E-state index >= 15 is 0 Å². The molecule has 0 spiro atoms. The van der Waals surface area contributed by atoms with Gasteiger partial charge in [-0.3, -0.25) is 0 Å². The van der Waals surface area contributed by atoms with Gasteiger partial charge < -0.3 is 10.4 Å². The van der Waals surface area contributed by atoms with E-state index in [0.29, 0.717) is 17.7 Å². The Kier molecular flexibility index (Phi) is 3.95. The molecule has 2 nitrogen and oxygen atoms in total. The molecule has 0 aliphatic heterocycles. The second kappa shape index (κ2) is 4.75. The summed E-state index contributed by atoms with van der Waals surface area (Å²) in [6.45, 7) is 9.87. The number of benzene rings is 1. The van der Waals surface area contributed by atoms with Crippen molar-refractivity contribution in [2.45, 2.75) is 45.8 Å². The fourth-order valence-corrected chi connectivity index (χ4v) is 1.47. The van der Waals surface area contributed by atoms with Gasteiger partial charge in [-0.1, -0.05) is 12.1 Å². The minimum absolute atomic E-state index is 0.0762. The van der Waals surface area contributed by atoms with Crippen molar-refractivity contribution >= 4 is 0 Å². The zero-order valence-electron chi connectivity index (χ0n) is 11.3. The number of hydrogen-bond acceptors (Lipinski definition) is 2. The summed E-state index contributed by atoms with van der Waals surface area (Å²) < 4.78 is 13.5. The van der Waals surface area contributed by atoms with Crippen molar-refractivity contribution in [1.82, 2.24) is 5.32 Å². The monoisotopic (exact) mass is 239 g/mol. The lowest BCUT2D eigenvalue weighted by Gasteiger charge is -2.30. The maximum absolute atomic E-state index is 13.5. The number of nitrogens with one attached hydrogen (secondary N) is 1. The second-order valence-electron chi connectivity index (χ2n) is 5.84. The van der Waals surface area contributed by atoms with Crippen LogP contribution in [0.3, 0.4) is 0 Å². The van der Waals surface area contributed by atoms with Crippen LogP contribution < -0.4 is 5.32 Å². The maximum atomic E-state index is 13.5. The van der Waals surface area contributed by atoms with E-state index in [9.17, 15) is 9.50 Å². The highest BCUT2D eigenvalue weighted by Crippen LogP contribution is 2.22. The van der Waals surface area contributed by atoms with Crippen molar-refractivity contribution in [3.63, 3.8) is 0 Å². The molecule has 0 aromatic heterocycles. The maximum Gasteiger partial charge on any atom is 0.126 e. The van der Waals surface area contributed by atoms with E-state index in [1.54, 1.807) is 26.0 Å². The van der Waals surface area contributed by atoms with Gasteiger partial charge in [0.1, 0.15) is 5.82 Å². The van der Waals surface area contributed by atoms with Gasteiger partial charge in [0, 0.05) is 12.1 Å². The van der Waals surface area contributed by atoms with Gasteiger partial charge in [0.2, 0.25) is 0 Å². The summed E-state index contributed by atoms with van der Waals surface area (Å²) in [5.74, 6) is -0.279. The average molecular weight is 239 g/mol. The third-order valence-corrected chi connectivity index (χ3v) is 2.76. The normalized spacial score (nSPS) is 15.7. The summed E-state index contributed by atoms with van der Waals surface area (Å²) in [5.41, 5.74) is 0.0420. The zero-order chi connectivity index (χ0) is 13.3. The van der Waals surface area contributed by atoms with E-state index < -0.39 is 5.60 Å². The molecule has 0 aliphatic carbocycles. The molecule has 3 heteroatoms. The number of aliphatic hydroxyl groups is 1. The highest BCUT2D eigenvalue weighted by molar-refractivity contribution is 5.27. The first-order valence-electron chi connectivity index (χ1n) is 5.86. The molecule has 0 fully saturated rings. The van der Waals surface area contributed by atoms with Gasteiger partial charge in [-0.25, -0.2) is 4.39 Å². The summed E-state index contributed by atoms with van der Waals surface area (Å²) in [5, 5.41) is 13.6. The van der Waals surface area contributed by atoms with Crippen LogP contribution in [0.1, 0.15) is 38.8 Å². The topological polar surface area (TPSA) is 32.3 Å². The summed E-state index contributed by atoms with van der Waals surface area (Å²) in [6, 6.07) is 4.86. The first-order chi connectivity index (χ1) is 7.62. The van der Waals surface area contributed by atoms with Crippen LogP contribution in [0.4, 0.5) is 4.39 Å². The van der Waals surface area contributed by atoms with E-state index in [1.807, 2.05) is 20.8 Å². The molecule has 96 valence electrons. The third-order valence-electron chi connectivity index (χ3n) is 2.76. The summed E-state index contributed by atoms with van der Waals surface area (Å²) >= 11 is 0. The number of β-amino-alcohol motifs (C(OH)–C–C–N with tert-alkyl or cyclic N) is 1. The van der Waals surface area contributed by atoms with Gasteiger partial charge in [-0.2, -0.15) is 0 Å². The van der Waals surface area contributed by atoms with Crippen LogP contribution >= 0.6 is 0 Å². The molecule has 0 heterocycles. The van der Waals surface area contributed by atoms with Crippen LogP contribution in [0.5, 0.6) is 0 Å². The Morgan fingerprint density at radius 3 is 2.29 bits per heavy atom. The van der Waals surface area contributed by atoms with Gasteiger partial charge >= 0.3 is 0 Å². The molecule has 1 aromatic rings. The van der Waals surface area contributed by atoms with Gasteiger partial charge in [-0.05, 0) is 51.8 Å². The van der Waals surface area contributed by atoms with E-state index in [1.165, 1.54) is 6.07 Å². The molecule has 2 N–H and O–H groups in total. The Labute approximate surface area is 103 Å². The lowest BCUT2D eigenvalue weighted by atomic mass is 9.93. The van der Waals surface area contributed by atoms with Crippen LogP contribution in [0, 0.1) is 12.7 Å². The molecule has 0 amide bonds. The van der Waals surface area contributed by atoms with Gasteiger partial charge in [-0.15, -0.1) is 0 Å². The Morgan fingerprint density at radius 2 is 1.82 bits per heavy atom. The largest absolute Gasteiger partial charge is 0.384 e. The number of hydrogen-bond donors (Lipinski definition) is 2. The Bertz CT molecular complexity index is 394. The number of rotatable bonds is 3. The molecule has 1 unspecified atom stereocenters. The molecule has 0 bridgehead atoms. The smallest absolute Gasteiger partial charge is 0.126 e. The first-order valence-corrected chi connectivity index (χ1v) is 5.86. The van der Waals surface area contributed by atoms with Crippen molar-refractivity contribution in [1.29, 1.82) is 0 Å². The van der Waals surface area contributed by atoms with Gasteiger partial charge in [0.15, 0.2) is 0 Å². The van der Waals surface area contributed by atoms with Crippen molar-refractivity contribution < 1.29 is 9.50 Å². The molecular weight excluding hydrogens is 217 g/mol. The Hall–Kier alpha value is -0.930. The molecule has 0 saturated heterocycles. The van der Waals surface area contributed by atoms with Crippen molar-refractivity contribution in [2.75, 3.05) is 6.54 Å². The fourth-order valence-electron chi connectivity index (χ4n) is 1.47. The highest BCUT2D eigenvalue weighted by Gasteiger charge is 2.25. The first kappa shape index (κ1) is 14.1. The molecule has 0 saturated carbocycles. The number of halogens is 1. The van der Waals surface area contributed by atoms with Crippen LogP contribution in [0.15, 0.2) is 18.2 Å². The van der Waals surface area contributed by atoms with Crippen molar-refractivity contribution in [3.05, 3.63) is 35.1 Å². The second-order valence-corrected chi connectivity index (χ2v) is 5.84. The molecule has 0 aliphatic rings. The van der Waals surface area contributed by atoms with Gasteiger partial charge in [0.05, 0.1) is 5.60 Å². The fraction of sp³-hybridized carbons (Fsp3) is 0.571. The summed E-state index contributed by atoms with van der Waals surface area (Å²) in [6.07, 6.45) is 0. The highest BCUT2D eigenvalue weighted by atomic mass is 19.1.